The molecule has 1 aromatic heterocycles. The molecule has 0 fully saturated rings. The van der Waals surface area contributed by atoms with Gasteiger partial charge in [0.2, 0.25) is 0 Å². The molecule has 1 aromatic carbocycles. The fourth-order valence-electron chi connectivity index (χ4n) is 2.04. The summed E-state index contributed by atoms with van der Waals surface area (Å²) in [6, 6.07) is 2.93. The minimum Gasteiger partial charge on any atom is -0.307 e. The van der Waals surface area contributed by atoms with E-state index in [2.05, 4.69) is 4.98 Å². The number of aromatic amines is 2. The number of hydrogen-bond donors (Lipinski definition) is 3. The molecule has 1 heterocycles. The summed E-state index contributed by atoms with van der Waals surface area (Å²) < 4.78 is 32.3. The summed E-state index contributed by atoms with van der Waals surface area (Å²) in [6.45, 7) is 1.84. The fraction of sp³-hybridized carbons (Fsp3) is 0.273. The van der Waals surface area contributed by atoms with Crippen LogP contribution in [0.1, 0.15) is 18.9 Å². The van der Waals surface area contributed by atoms with Gasteiger partial charge in [-0.3, -0.25) is 14.3 Å². The van der Waals surface area contributed by atoms with Gasteiger partial charge in [-0.15, -0.1) is 0 Å². The molecule has 0 radical (unpaired) electrons. The van der Waals surface area contributed by atoms with E-state index in [9.17, 15) is 22.6 Å². The first-order valence-corrected chi connectivity index (χ1v) is 7.04. The first kappa shape index (κ1) is 13.5. The van der Waals surface area contributed by atoms with Crippen LogP contribution in [0.2, 0.25) is 0 Å². The van der Waals surface area contributed by atoms with E-state index >= 15 is 0 Å². The van der Waals surface area contributed by atoms with Crippen molar-refractivity contribution < 1.29 is 13.0 Å². The lowest BCUT2D eigenvalue weighted by atomic mass is 10.1. The number of H-pyrrole nitrogens is 2. The lowest BCUT2D eigenvalue weighted by Crippen LogP contribution is -2.24. The van der Waals surface area contributed by atoms with Crippen molar-refractivity contribution in [3.05, 3.63) is 38.5 Å². The first-order chi connectivity index (χ1) is 8.84. The van der Waals surface area contributed by atoms with Crippen molar-refractivity contribution in [1.29, 1.82) is 0 Å². The molecule has 0 saturated carbocycles. The Labute approximate surface area is 108 Å². The summed E-state index contributed by atoms with van der Waals surface area (Å²) in [5.41, 5.74) is -1.16. The van der Waals surface area contributed by atoms with Crippen LogP contribution < -0.4 is 11.2 Å². The molecular formula is C11H12N2O5S. The molecule has 19 heavy (non-hydrogen) atoms. The molecule has 0 unspecified atom stereocenters. The lowest BCUT2D eigenvalue weighted by molar-refractivity contribution is 0.483. The Morgan fingerprint density at radius 2 is 1.89 bits per heavy atom. The van der Waals surface area contributed by atoms with E-state index in [1.165, 1.54) is 12.1 Å². The van der Waals surface area contributed by atoms with Gasteiger partial charge in [-0.1, -0.05) is 19.4 Å². The van der Waals surface area contributed by atoms with Crippen LogP contribution in [-0.2, 0) is 16.5 Å². The van der Waals surface area contributed by atoms with Crippen molar-refractivity contribution in [3.8, 4) is 0 Å². The van der Waals surface area contributed by atoms with E-state index in [-0.39, 0.29) is 10.9 Å². The Bertz CT molecular complexity index is 847. The van der Waals surface area contributed by atoms with Gasteiger partial charge < -0.3 is 4.98 Å². The molecule has 0 bridgehead atoms. The van der Waals surface area contributed by atoms with Crippen LogP contribution in [0.3, 0.4) is 0 Å². The Kier molecular flexibility index (Phi) is 3.29. The standard InChI is InChI=1S/C11H12N2O5S/c1-2-3-6-4-5-7-8(9(6)19(16,17)18)10(14)13-11(15)12-7/h4-5H,2-3H2,1H3,(H,16,17,18)(H2,12,13,14,15). The monoisotopic (exact) mass is 284 g/mol. The van der Waals surface area contributed by atoms with Crippen molar-refractivity contribution in [2.45, 2.75) is 24.7 Å². The highest BCUT2D eigenvalue weighted by Crippen LogP contribution is 2.23. The molecule has 8 heteroatoms. The SMILES string of the molecule is CCCc1ccc2[nH]c(=O)[nH]c(=O)c2c1S(=O)(=O)O. The molecule has 0 aliphatic rings. The van der Waals surface area contributed by atoms with E-state index in [0.717, 1.165) is 0 Å². The molecule has 0 saturated heterocycles. The van der Waals surface area contributed by atoms with Crippen molar-refractivity contribution in [3.63, 3.8) is 0 Å². The summed E-state index contributed by atoms with van der Waals surface area (Å²) in [4.78, 5) is 26.8. The molecule has 2 rings (SSSR count). The van der Waals surface area contributed by atoms with Gasteiger partial charge in [0.15, 0.2) is 0 Å². The normalized spacial score (nSPS) is 11.9. The first-order valence-electron chi connectivity index (χ1n) is 5.60. The predicted molar refractivity (Wildman–Crippen MR) is 69.0 cm³/mol. The van der Waals surface area contributed by atoms with Crippen molar-refractivity contribution in [2.75, 3.05) is 0 Å². The predicted octanol–water partition coefficient (Wildman–Crippen LogP) is 0.416. The average molecular weight is 284 g/mol. The second-order valence-electron chi connectivity index (χ2n) is 4.11. The van der Waals surface area contributed by atoms with Crippen LogP contribution in [0.25, 0.3) is 10.9 Å². The Balaban J connectivity index is 3.04. The molecule has 0 aliphatic heterocycles. The number of hydrogen-bond acceptors (Lipinski definition) is 4. The van der Waals surface area contributed by atoms with Crippen LogP contribution in [0.5, 0.6) is 0 Å². The molecule has 0 aliphatic carbocycles. The van der Waals surface area contributed by atoms with Gasteiger partial charge >= 0.3 is 5.69 Å². The van der Waals surface area contributed by atoms with Gasteiger partial charge in [-0.25, -0.2) is 4.79 Å². The highest BCUT2D eigenvalue weighted by atomic mass is 32.2. The zero-order chi connectivity index (χ0) is 14.2. The Hall–Kier alpha value is -1.93. The molecule has 102 valence electrons. The molecule has 0 atom stereocenters. The van der Waals surface area contributed by atoms with Gasteiger partial charge in [-0.05, 0) is 18.1 Å². The van der Waals surface area contributed by atoms with E-state index in [1.807, 2.05) is 11.9 Å². The van der Waals surface area contributed by atoms with E-state index in [1.54, 1.807) is 0 Å². The fourth-order valence-corrected chi connectivity index (χ4v) is 3.00. The zero-order valence-electron chi connectivity index (χ0n) is 10.1. The largest absolute Gasteiger partial charge is 0.326 e. The third-order valence-electron chi connectivity index (χ3n) is 2.72. The van der Waals surface area contributed by atoms with Crippen molar-refractivity contribution in [2.24, 2.45) is 0 Å². The zero-order valence-corrected chi connectivity index (χ0v) is 10.9. The van der Waals surface area contributed by atoms with E-state index < -0.39 is 26.3 Å². The summed E-state index contributed by atoms with van der Waals surface area (Å²) in [6.07, 6.45) is 1.04. The number of rotatable bonds is 3. The maximum absolute atomic E-state index is 11.8. The highest BCUT2D eigenvalue weighted by Gasteiger charge is 2.21. The van der Waals surface area contributed by atoms with E-state index in [4.69, 9.17) is 0 Å². The maximum Gasteiger partial charge on any atom is 0.326 e. The third-order valence-corrected chi connectivity index (χ3v) is 3.70. The summed E-state index contributed by atoms with van der Waals surface area (Å²) in [5.74, 6) is 0. The number of aromatic nitrogens is 2. The molecular weight excluding hydrogens is 272 g/mol. The van der Waals surface area contributed by atoms with Gasteiger partial charge in [0.1, 0.15) is 4.90 Å². The molecule has 7 nitrogen and oxygen atoms in total. The van der Waals surface area contributed by atoms with Crippen molar-refractivity contribution >= 4 is 21.0 Å². The second-order valence-corrected chi connectivity index (χ2v) is 5.47. The Morgan fingerprint density at radius 3 is 2.47 bits per heavy atom. The van der Waals surface area contributed by atoms with Crippen LogP contribution in [0.15, 0.2) is 26.6 Å². The number of fused-ring (bicyclic) bond motifs is 1. The van der Waals surface area contributed by atoms with Crippen LogP contribution in [0, 0.1) is 0 Å². The summed E-state index contributed by atoms with van der Waals surface area (Å²) in [5, 5.41) is -0.229. The lowest BCUT2D eigenvalue weighted by Gasteiger charge is -2.08. The molecule has 3 N–H and O–H groups in total. The third kappa shape index (κ3) is 2.45. The topological polar surface area (TPSA) is 120 Å². The van der Waals surface area contributed by atoms with Crippen LogP contribution >= 0.6 is 0 Å². The number of aryl methyl sites for hydroxylation is 1. The Morgan fingerprint density at radius 1 is 1.21 bits per heavy atom. The molecule has 0 amide bonds. The maximum atomic E-state index is 11.8. The van der Waals surface area contributed by atoms with Crippen LogP contribution in [-0.4, -0.2) is 22.9 Å². The summed E-state index contributed by atoms with van der Waals surface area (Å²) in [7, 11) is -4.56. The second kappa shape index (κ2) is 4.63. The number of nitrogens with one attached hydrogen (secondary N) is 2. The highest BCUT2D eigenvalue weighted by molar-refractivity contribution is 7.86. The van der Waals surface area contributed by atoms with E-state index in [0.29, 0.717) is 18.4 Å². The average Bonchev–Trinajstić information content (AvgIpc) is 2.28. The molecule has 0 spiro atoms. The van der Waals surface area contributed by atoms with Gasteiger partial charge in [0, 0.05) is 0 Å². The van der Waals surface area contributed by atoms with Gasteiger partial charge in [0.05, 0.1) is 10.9 Å². The van der Waals surface area contributed by atoms with Gasteiger partial charge in [-0.2, -0.15) is 8.42 Å². The summed E-state index contributed by atoms with van der Waals surface area (Å²) >= 11 is 0. The minimum absolute atomic E-state index is 0.0706. The molecule has 2 aromatic rings. The quantitative estimate of drug-likeness (QED) is 0.705. The number of benzene rings is 1. The smallest absolute Gasteiger partial charge is 0.307 e. The minimum atomic E-state index is -4.56. The van der Waals surface area contributed by atoms with Crippen LogP contribution in [0.4, 0.5) is 0 Å². The van der Waals surface area contributed by atoms with Crippen molar-refractivity contribution in [1.82, 2.24) is 9.97 Å². The van der Waals surface area contributed by atoms with Gasteiger partial charge in [0.25, 0.3) is 15.7 Å².